The molecule has 0 saturated heterocycles. The summed E-state index contributed by atoms with van der Waals surface area (Å²) in [7, 11) is 3.87. The van der Waals surface area contributed by atoms with E-state index < -0.39 is 6.10 Å². The second kappa shape index (κ2) is 7.61. The van der Waals surface area contributed by atoms with Gasteiger partial charge in [0.15, 0.2) is 0 Å². The Morgan fingerprint density at radius 3 is 2.71 bits per heavy atom. The zero-order valence-electron chi connectivity index (χ0n) is 12.3. The van der Waals surface area contributed by atoms with E-state index in [9.17, 15) is 5.11 Å². The zero-order valence-corrected chi connectivity index (χ0v) is 13.1. The number of rotatable bonds is 7. The SMILES string of the molecule is CN(C)CC(O)CNCc1ccc(-c2ccccc2Cl)o1. The lowest BCUT2D eigenvalue weighted by Crippen LogP contribution is -2.34. The van der Waals surface area contributed by atoms with Gasteiger partial charge >= 0.3 is 0 Å². The summed E-state index contributed by atoms with van der Waals surface area (Å²) in [5.74, 6) is 1.58. The summed E-state index contributed by atoms with van der Waals surface area (Å²) in [6, 6.07) is 11.4. The van der Waals surface area contributed by atoms with Crippen LogP contribution in [-0.2, 0) is 6.54 Å². The molecule has 21 heavy (non-hydrogen) atoms. The molecule has 2 N–H and O–H groups in total. The average molecular weight is 309 g/mol. The van der Waals surface area contributed by atoms with Crippen molar-refractivity contribution in [2.24, 2.45) is 0 Å². The predicted molar refractivity (Wildman–Crippen MR) is 85.4 cm³/mol. The van der Waals surface area contributed by atoms with Crippen molar-refractivity contribution in [2.45, 2.75) is 12.6 Å². The monoisotopic (exact) mass is 308 g/mol. The van der Waals surface area contributed by atoms with Crippen molar-refractivity contribution in [1.29, 1.82) is 0 Å². The third-order valence-corrected chi connectivity index (χ3v) is 3.39. The molecule has 0 aliphatic rings. The van der Waals surface area contributed by atoms with Gasteiger partial charge in [-0.25, -0.2) is 0 Å². The number of halogens is 1. The van der Waals surface area contributed by atoms with Crippen LogP contribution in [0.5, 0.6) is 0 Å². The Hall–Kier alpha value is -1.33. The van der Waals surface area contributed by atoms with Gasteiger partial charge in [0.2, 0.25) is 0 Å². The molecule has 0 amide bonds. The van der Waals surface area contributed by atoms with Crippen LogP contribution in [0, 0.1) is 0 Å². The number of nitrogens with one attached hydrogen (secondary N) is 1. The predicted octanol–water partition coefficient (Wildman–Crippen LogP) is 2.61. The van der Waals surface area contributed by atoms with Gasteiger partial charge < -0.3 is 19.7 Å². The molecule has 0 fully saturated rings. The first-order valence-electron chi connectivity index (χ1n) is 6.93. The summed E-state index contributed by atoms with van der Waals surface area (Å²) >= 11 is 6.15. The van der Waals surface area contributed by atoms with Crippen molar-refractivity contribution in [3.63, 3.8) is 0 Å². The topological polar surface area (TPSA) is 48.6 Å². The Morgan fingerprint density at radius 2 is 2.00 bits per heavy atom. The lowest BCUT2D eigenvalue weighted by atomic mass is 10.2. The fourth-order valence-electron chi connectivity index (χ4n) is 2.13. The van der Waals surface area contributed by atoms with Crippen LogP contribution in [0.4, 0.5) is 0 Å². The third kappa shape index (κ3) is 4.86. The molecule has 0 aliphatic carbocycles. The highest BCUT2D eigenvalue weighted by molar-refractivity contribution is 6.33. The highest BCUT2D eigenvalue weighted by Gasteiger charge is 2.09. The molecule has 0 saturated carbocycles. The zero-order chi connectivity index (χ0) is 15.2. The Kier molecular flexibility index (Phi) is 5.82. The van der Waals surface area contributed by atoms with E-state index in [1.807, 2.05) is 55.4 Å². The quantitative estimate of drug-likeness (QED) is 0.825. The number of furan rings is 1. The highest BCUT2D eigenvalue weighted by atomic mass is 35.5. The minimum atomic E-state index is -0.391. The van der Waals surface area contributed by atoms with Crippen LogP contribution in [-0.4, -0.2) is 43.3 Å². The van der Waals surface area contributed by atoms with Gasteiger partial charge in [0.05, 0.1) is 17.7 Å². The van der Waals surface area contributed by atoms with E-state index in [0.717, 1.165) is 17.1 Å². The normalized spacial score (nSPS) is 12.8. The fraction of sp³-hybridized carbons (Fsp3) is 0.375. The maximum absolute atomic E-state index is 9.76. The van der Waals surface area contributed by atoms with Crippen molar-refractivity contribution in [2.75, 3.05) is 27.2 Å². The number of nitrogens with zero attached hydrogens (tertiary/aromatic N) is 1. The molecule has 0 spiro atoms. The van der Waals surface area contributed by atoms with Gasteiger partial charge in [-0.2, -0.15) is 0 Å². The van der Waals surface area contributed by atoms with E-state index in [0.29, 0.717) is 24.7 Å². The third-order valence-electron chi connectivity index (χ3n) is 3.06. The van der Waals surface area contributed by atoms with Crippen molar-refractivity contribution in [3.05, 3.63) is 47.2 Å². The molecule has 1 atom stereocenters. The molecule has 114 valence electrons. The first-order valence-corrected chi connectivity index (χ1v) is 7.31. The molecule has 1 heterocycles. The minimum absolute atomic E-state index is 0.391. The molecule has 2 rings (SSSR count). The number of aliphatic hydroxyl groups is 1. The molecule has 1 unspecified atom stereocenters. The second-order valence-electron chi connectivity index (χ2n) is 5.29. The summed E-state index contributed by atoms with van der Waals surface area (Å²) in [6.07, 6.45) is -0.391. The van der Waals surface area contributed by atoms with Crippen LogP contribution >= 0.6 is 11.6 Å². The maximum Gasteiger partial charge on any atom is 0.135 e. The molecule has 5 heteroatoms. The van der Waals surface area contributed by atoms with Crippen LogP contribution in [0.1, 0.15) is 5.76 Å². The Balaban J connectivity index is 1.88. The summed E-state index contributed by atoms with van der Waals surface area (Å²) < 4.78 is 5.77. The maximum atomic E-state index is 9.76. The van der Waals surface area contributed by atoms with E-state index in [4.69, 9.17) is 16.0 Å². The molecule has 2 aromatic rings. The largest absolute Gasteiger partial charge is 0.460 e. The van der Waals surface area contributed by atoms with Crippen LogP contribution in [0.25, 0.3) is 11.3 Å². The van der Waals surface area contributed by atoms with E-state index in [1.165, 1.54) is 0 Å². The van der Waals surface area contributed by atoms with E-state index in [1.54, 1.807) is 0 Å². The van der Waals surface area contributed by atoms with Gasteiger partial charge in [-0.3, -0.25) is 0 Å². The van der Waals surface area contributed by atoms with Crippen LogP contribution in [0.15, 0.2) is 40.8 Å². The van der Waals surface area contributed by atoms with Crippen LogP contribution in [0.3, 0.4) is 0 Å². The highest BCUT2D eigenvalue weighted by Crippen LogP contribution is 2.28. The fourth-order valence-corrected chi connectivity index (χ4v) is 2.36. The van der Waals surface area contributed by atoms with E-state index in [2.05, 4.69) is 5.32 Å². The smallest absolute Gasteiger partial charge is 0.135 e. The lowest BCUT2D eigenvalue weighted by Gasteiger charge is -2.15. The summed E-state index contributed by atoms with van der Waals surface area (Å²) in [4.78, 5) is 1.95. The summed E-state index contributed by atoms with van der Waals surface area (Å²) in [6.45, 7) is 1.74. The second-order valence-corrected chi connectivity index (χ2v) is 5.70. The van der Waals surface area contributed by atoms with Gasteiger partial charge in [0.1, 0.15) is 11.5 Å². The number of hydrogen-bond donors (Lipinski definition) is 2. The molecular formula is C16H21ClN2O2. The van der Waals surface area contributed by atoms with E-state index >= 15 is 0 Å². The molecule has 1 aromatic heterocycles. The number of hydrogen-bond acceptors (Lipinski definition) is 4. The molecule has 0 radical (unpaired) electrons. The van der Waals surface area contributed by atoms with Gasteiger partial charge in [-0.05, 0) is 38.4 Å². The summed E-state index contributed by atoms with van der Waals surface area (Å²) in [5.41, 5.74) is 0.887. The number of benzene rings is 1. The summed E-state index contributed by atoms with van der Waals surface area (Å²) in [5, 5.41) is 13.6. The Morgan fingerprint density at radius 1 is 1.24 bits per heavy atom. The standard InChI is InChI=1S/C16H21ClN2O2/c1-19(2)11-12(20)9-18-10-13-7-8-16(21-13)14-5-3-4-6-15(14)17/h3-8,12,18,20H,9-11H2,1-2H3. The Labute approximate surface area is 130 Å². The van der Waals surface area contributed by atoms with Crippen molar-refractivity contribution in [3.8, 4) is 11.3 Å². The van der Waals surface area contributed by atoms with Crippen molar-refractivity contribution < 1.29 is 9.52 Å². The van der Waals surface area contributed by atoms with E-state index in [-0.39, 0.29) is 0 Å². The van der Waals surface area contributed by atoms with Gasteiger partial charge in [0.25, 0.3) is 0 Å². The van der Waals surface area contributed by atoms with Gasteiger partial charge in [0, 0.05) is 18.7 Å². The first kappa shape index (κ1) is 16.0. The van der Waals surface area contributed by atoms with Gasteiger partial charge in [-0.1, -0.05) is 23.7 Å². The number of aliphatic hydroxyl groups excluding tert-OH is 1. The molecule has 4 nitrogen and oxygen atoms in total. The lowest BCUT2D eigenvalue weighted by molar-refractivity contribution is 0.134. The minimum Gasteiger partial charge on any atom is -0.460 e. The Bertz CT molecular complexity index is 569. The molecule has 0 aliphatic heterocycles. The average Bonchev–Trinajstić information content (AvgIpc) is 2.87. The molecular weight excluding hydrogens is 288 g/mol. The number of likely N-dealkylation sites (N-methyl/N-ethyl adjacent to an activating group) is 1. The van der Waals surface area contributed by atoms with Crippen molar-refractivity contribution >= 4 is 11.6 Å². The first-order chi connectivity index (χ1) is 10.1. The molecule has 1 aromatic carbocycles. The van der Waals surface area contributed by atoms with Crippen molar-refractivity contribution in [1.82, 2.24) is 10.2 Å². The van der Waals surface area contributed by atoms with Gasteiger partial charge in [-0.15, -0.1) is 0 Å². The van der Waals surface area contributed by atoms with Crippen LogP contribution in [0.2, 0.25) is 5.02 Å². The van der Waals surface area contributed by atoms with Crippen LogP contribution < -0.4 is 5.32 Å². The molecule has 0 bridgehead atoms.